The normalized spacial score (nSPS) is 23.8. The third kappa shape index (κ3) is 3.06. The molecule has 3 nitrogen and oxygen atoms in total. The Morgan fingerprint density at radius 1 is 1.25 bits per heavy atom. The Balaban J connectivity index is 2.36. The number of nitrogens with zero attached hydrogens (tertiary/aromatic N) is 1. The van der Waals surface area contributed by atoms with Crippen LogP contribution in [-0.4, -0.2) is 51.6 Å². The minimum absolute atomic E-state index is 0.0136. The van der Waals surface area contributed by atoms with E-state index in [0.29, 0.717) is 0 Å². The number of hydrogen-bond acceptors (Lipinski definition) is 3. The number of sulfone groups is 1. The van der Waals surface area contributed by atoms with Crippen molar-refractivity contribution in [2.24, 2.45) is 0 Å². The van der Waals surface area contributed by atoms with Crippen molar-refractivity contribution in [3.63, 3.8) is 0 Å². The zero-order valence-electron chi connectivity index (χ0n) is 6.54. The molecule has 70 valence electrons. The highest BCUT2D eigenvalue weighted by Gasteiger charge is 2.25. The minimum atomic E-state index is -2.94. The van der Waals surface area contributed by atoms with E-state index >= 15 is 0 Å². The van der Waals surface area contributed by atoms with Crippen LogP contribution in [0.15, 0.2) is 0 Å². The molecule has 0 radical (unpaired) electrons. The molecule has 1 aliphatic rings. The van der Waals surface area contributed by atoms with Crippen molar-refractivity contribution in [2.45, 2.75) is 0 Å². The molecule has 0 aromatic rings. The summed E-state index contributed by atoms with van der Waals surface area (Å²) in [6.07, 6.45) is -0.310. The van der Waals surface area contributed by atoms with E-state index in [1.807, 2.05) is 0 Å². The van der Waals surface area contributed by atoms with Gasteiger partial charge in [0.05, 0.1) is 11.5 Å². The molecule has 0 saturated carbocycles. The molecule has 1 saturated heterocycles. The smallest absolute Gasteiger partial charge is 0.303 e. The molecule has 0 spiro atoms. The summed E-state index contributed by atoms with van der Waals surface area (Å²) in [5, 5.41) is 0. The van der Waals surface area contributed by atoms with Crippen molar-refractivity contribution in [3.8, 4) is 0 Å². The maximum atomic E-state index is 11.8. The highest BCUT2D eigenvalue weighted by molar-refractivity contribution is 7.91. The largest absolute Gasteiger partial charge is 0.551 e. The van der Waals surface area contributed by atoms with Crippen molar-refractivity contribution in [1.82, 2.24) is 4.90 Å². The van der Waals surface area contributed by atoms with Gasteiger partial charge < -0.3 is 4.90 Å². The molecule has 1 aliphatic heterocycles. The highest BCUT2D eigenvalue weighted by Crippen LogP contribution is 2.04. The molecule has 0 amide bonds. The number of halogens is 2. The highest BCUT2D eigenvalue weighted by atomic mass is 32.2. The first kappa shape index (κ1) is 9.92. The van der Waals surface area contributed by atoms with Gasteiger partial charge in [0.15, 0.2) is 9.84 Å². The second kappa shape index (κ2) is 3.70. The minimum Gasteiger partial charge on any atom is -0.303 e. The van der Waals surface area contributed by atoms with Gasteiger partial charge in [0.1, 0.15) is 0 Å². The molecule has 0 bridgehead atoms. The molecular formula is C5H10BF2NO2S. The average Bonchev–Trinajstić information content (AvgIpc) is 1.93. The summed E-state index contributed by atoms with van der Waals surface area (Å²) in [4.78, 5) is 1.48. The molecule has 0 unspecified atom stereocenters. The molecule has 0 aromatic carbocycles. The van der Waals surface area contributed by atoms with Crippen molar-refractivity contribution < 1.29 is 17.0 Å². The lowest BCUT2D eigenvalue weighted by atomic mass is 9.99. The maximum absolute atomic E-state index is 11.8. The molecule has 0 N–H and O–H groups in total. The first-order valence-electron chi connectivity index (χ1n) is 3.70. The van der Waals surface area contributed by atoms with Crippen LogP contribution in [0.1, 0.15) is 0 Å². The van der Waals surface area contributed by atoms with E-state index in [9.17, 15) is 17.0 Å². The Bertz CT molecular complexity index is 230. The lowest BCUT2D eigenvalue weighted by Gasteiger charge is -2.25. The van der Waals surface area contributed by atoms with E-state index in [4.69, 9.17) is 0 Å². The molecule has 0 atom stereocenters. The zero-order chi connectivity index (χ0) is 9.19. The molecule has 12 heavy (non-hydrogen) atoms. The van der Waals surface area contributed by atoms with E-state index in [1.54, 1.807) is 0 Å². The third-order valence-electron chi connectivity index (χ3n) is 1.83. The summed E-state index contributed by atoms with van der Waals surface area (Å²) in [5.41, 5.74) is 0. The lowest BCUT2D eigenvalue weighted by Crippen LogP contribution is -2.43. The Morgan fingerprint density at radius 3 is 2.17 bits per heavy atom. The first-order chi connectivity index (χ1) is 5.49. The van der Waals surface area contributed by atoms with Gasteiger partial charge in [0, 0.05) is 19.5 Å². The van der Waals surface area contributed by atoms with Crippen LogP contribution in [-0.2, 0) is 9.84 Å². The van der Waals surface area contributed by atoms with Crippen LogP contribution >= 0.6 is 0 Å². The summed E-state index contributed by atoms with van der Waals surface area (Å²) in [6, 6.07) is 0. The molecule has 7 heteroatoms. The van der Waals surface area contributed by atoms with Gasteiger partial charge >= 0.3 is 7.27 Å². The van der Waals surface area contributed by atoms with Gasteiger partial charge in [-0.25, -0.2) is 8.42 Å². The van der Waals surface area contributed by atoms with E-state index in [2.05, 4.69) is 0 Å². The predicted octanol–water partition coefficient (Wildman–Crippen LogP) is -0.317. The van der Waals surface area contributed by atoms with Crippen LogP contribution in [0.4, 0.5) is 8.63 Å². The van der Waals surface area contributed by atoms with Gasteiger partial charge in [-0.05, 0) is 0 Å². The fraction of sp³-hybridized carbons (Fsp3) is 1.00. The van der Waals surface area contributed by atoms with Crippen molar-refractivity contribution in [3.05, 3.63) is 0 Å². The van der Waals surface area contributed by atoms with E-state index in [-0.39, 0.29) is 31.0 Å². The predicted molar refractivity (Wildman–Crippen MR) is 43.1 cm³/mol. The molecule has 0 aliphatic carbocycles. The molecule has 0 aromatic heterocycles. The quantitative estimate of drug-likeness (QED) is 0.569. The third-order valence-corrected chi connectivity index (χ3v) is 3.44. The molecule has 1 rings (SSSR count). The second-order valence-electron chi connectivity index (χ2n) is 2.84. The van der Waals surface area contributed by atoms with Crippen LogP contribution in [0.3, 0.4) is 0 Å². The van der Waals surface area contributed by atoms with E-state index < -0.39 is 17.1 Å². The fourth-order valence-corrected chi connectivity index (χ4v) is 2.40. The monoisotopic (exact) mass is 197 g/mol. The fourth-order valence-electron chi connectivity index (χ4n) is 1.13. The average molecular weight is 197 g/mol. The second-order valence-corrected chi connectivity index (χ2v) is 5.15. The summed E-state index contributed by atoms with van der Waals surface area (Å²) in [7, 11) is -5.31. The van der Waals surface area contributed by atoms with Gasteiger partial charge in [0.2, 0.25) is 0 Å². The summed E-state index contributed by atoms with van der Waals surface area (Å²) in [6.45, 7) is 0.485. The van der Waals surface area contributed by atoms with Gasteiger partial charge in [-0.3, -0.25) is 8.63 Å². The van der Waals surface area contributed by atoms with Gasteiger partial charge in [-0.15, -0.1) is 0 Å². The molecule has 1 heterocycles. The van der Waals surface area contributed by atoms with E-state index in [0.717, 1.165) is 0 Å². The summed E-state index contributed by atoms with van der Waals surface area (Å²) < 4.78 is 45.4. The van der Waals surface area contributed by atoms with Crippen LogP contribution in [0, 0.1) is 0 Å². The Morgan fingerprint density at radius 2 is 1.75 bits per heavy atom. The zero-order valence-corrected chi connectivity index (χ0v) is 7.36. The topological polar surface area (TPSA) is 37.4 Å². The van der Waals surface area contributed by atoms with Gasteiger partial charge in [-0.2, -0.15) is 0 Å². The van der Waals surface area contributed by atoms with Gasteiger partial charge in [-0.1, -0.05) is 0 Å². The first-order valence-corrected chi connectivity index (χ1v) is 5.53. The lowest BCUT2D eigenvalue weighted by molar-refractivity contribution is 0.325. The van der Waals surface area contributed by atoms with Crippen molar-refractivity contribution in [1.29, 1.82) is 0 Å². The van der Waals surface area contributed by atoms with Crippen LogP contribution in [0.5, 0.6) is 0 Å². The maximum Gasteiger partial charge on any atom is 0.551 e. The number of rotatable bonds is 2. The summed E-state index contributed by atoms with van der Waals surface area (Å²) >= 11 is 0. The SMILES string of the molecule is O=S1(=O)CCN(CB(F)F)CC1. The van der Waals surface area contributed by atoms with Crippen LogP contribution < -0.4 is 0 Å². The van der Waals surface area contributed by atoms with Crippen LogP contribution in [0.25, 0.3) is 0 Å². The Kier molecular flexibility index (Phi) is 3.06. The van der Waals surface area contributed by atoms with Crippen molar-refractivity contribution >= 4 is 17.1 Å². The molecular weight excluding hydrogens is 187 g/mol. The Hall–Kier alpha value is -0.165. The number of hydrogen-bond donors (Lipinski definition) is 0. The Labute approximate surface area is 70.8 Å². The van der Waals surface area contributed by atoms with Gasteiger partial charge in [0.25, 0.3) is 0 Å². The van der Waals surface area contributed by atoms with Crippen molar-refractivity contribution in [2.75, 3.05) is 31.0 Å². The van der Waals surface area contributed by atoms with E-state index in [1.165, 1.54) is 4.90 Å². The summed E-state index contributed by atoms with van der Waals surface area (Å²) in [5.74, 6) is 0.0272. The standard InChI is InChI=1S/C5H10BF2NO2S/c7-6(8)5-9-1-3-12(10,11)4-2-9/h1-5H2. The molecule has 1 fully saturated rings. The van der Waals surface area contributed by atoms with Crippen LogP contribution in [0.2, 0.25) is 0 Å².